The van der Waals surface area contributed by atoms with Crippen LogP contribution in [0.5, 0.6) is 0 Å². The molecule has 1 aliphatic rings. The molecule has 1 rings (SSSR count). The summed E-state index contributed by atoms with van der Waals surface area (Å²) < 4.78 is 0. The predicted octanol–water partition coefficient (Wildman–Crippen LogP) is 1.07. The number of terminal acetylenes is 1. The van der Waals surface area contributed by atoms with Crippen molar-refractivity contribution in [1.82, 2.24) is 5.32 Å². The Labute approximate surface area is 80.0 Å². The summed E-state index contributed by atoms with van der Waals surface area (Å²) in [5, 5.41) is 13.2. The van der Waals surface area contributed by atoms with Gasteiger partial charge in [0.2, 0.25) is 0 Å². The maximum Gasteiger partial charge on any atom is 0.140 e. The van der Waals surface area contributed by atoms with E-state index < -0.39 is 5.60 Å². The Bertz CT molecular complexity index is 219. The van der Waals surface area contributed by atoms with Gasteiger partial charge in [-0.25, -0.2) is 0 Å². The first-order valence-corrected chi connectivity index (χ1v) is 4.77. The van der Waals surface area contributed by atoms with Crippen molar-refractivity contribution in [3.8, 4) is 12.3 Å². The first kappa shape index (κ1) is 10.3. The molecule has 0 spiro atoms. The van der Waals surface area contributed by atoms with Crippen LogP contribution in [-0.2, 0) is 0 Å². The van der Waals surface area contributed by atoms with Gasteiger partial charge in [0.25, 0.3) is 0 Å². The average Bonchev–Trinajstić information content (AvgIpc) is 2.17. The van der Waals surface area contributed by atoms with Gasteiger partial charge in [0.05, 0.1) is 0 Å². The normalized spacial score (nSPS) is 33.7. The van der Waals surface area contributed by atoms with Crippen LogP contribution < -0.4 is 5.32 Å². The van der Waals surface area contributed by atoms with Gasteiger partial charge in [-0.05, 0) is 19.3 Å². The summed E-state index contributed by atoms with van der Waals surface area (Å²) in [4.78, 5) is 0. The summed E-state index contributed by atoms with van der Waals surface area (Å²) in [6.07, 6.45) is 10.9. The Balaban J connectivity index is 2.57. The molecule has 0 unspecified atom stereocenters. The van der Waals surface area contributed by atoms with E-state index in [1.807, 2.05) is 0 Å². The predicted molar refractivity (Wildman–Crippen MR) is 54.2 cm³/mol. The molecule has 72 valence electrons. The van der Waals surface area contributed by atoms with Crippen molar-refractivity contribution in [2.24, 2.45) is 0 Å². The lowest BCUT2D eigenvalue weighted by molar-refractivity contribution is 0.0276. The second-order valence-electron chi connectivity index (χ2n) is 3.56. The molecule has 0 heterocycles. The molecule has 1 aliphatic carbocycles. The molecule has 2 atom stereocenters. The molecule has 0 radical (unpaired) electrons. The Hall–Kier alpha value is -0.780. The van der Waals surface area contributed by atoms with Gasteiger partial charge in [-0.15, -0.1) is 13.0 Å². The fourth-order valence-electron chi connectivity index (χ4n) is 1.83. The molecule has 2 nitrogen and oxygen atoms in total. The molecule has 0 bridgehead atoms. The van der Waals surface area contributed by atoms with E-state index in [9.17, 15) is 5.11 Å². The van der Waals surface area contributed by atoms with Gasteiger partial charge >= 0.3 is 0 Å². The molecule has 0 aliphatic heterocycles. The van der Waals surface area contributed by atoms with Crippen LogP contribution in [0.4, 0.5) is 0 Å². The average molecular weight is 179 g/mol. The standard InChI is InChI=1S/C11H17NO/c1-3-9-12-10-7-5-6-8-11(10,13)4-2/h2-3,10,12-13H,1,5-9H2/t10-,11-/m0/s1. The van der Waals surface area contributed by atoms with Gasteiger partial charge in [-0.2, -0.15) is 0 Å². The largest absolute Gasteiger partial charge is 0.376 e. The summed E-state index contributed by atoms with van der Waals surface area (Å²) in [7, 11) is 0. The zero-order valence-electron chi connectivity index (χ0n) is 7.92. The summed E-state index contributed by atoms with van der Waals surface area (Å²) in [6.45, 7) is 4.33. The third-order valence-electron chi connectivity index (χ3n) is 2.64. The van der Waals surface area contributed by atoms with Gasteiger partial charge in [-0.1, -0.05) is 18.4 Å². The van der Waals surface area contributed by atoms with Crippen molar-refractivity contribution in [2.45, 2.75) is 37.3 Å². The quantitative estimate of drug-likeness (QED) is 0.502. The van der Waals surface area contributed by atoms with Gasteiger partial charge < -0.3 is 10.4 Å². The molecule has 0 saturated heterocycles. The van der Waals surface area contributed by atoms with E-state index in [0.717, 1.165) is 19.3 Å². The summed E-state index contributed by atoms with van der Waals surface area (Å²) in [5.41, 5.74) is -0.943. The molecule has 2 heteroatoms. The van der Waals surface area contributed by atoms with Crippen LogP contribution in [0, 0.1) is 12.3 Å². The van der Waals surface area contributed by atoms with Crippen LogP contribution in [0.3, 0.4) is 0 Å². The van der Waals surface area contributed by atoms with Crippen molar-refractivity contribution in [3.63, 3.8) is 0 Å². The van der Waals surface area contributed by atoms with E-state index in [1.165, 1.54) is 0 Å². The minimum absolute atomic E-state index is 0.0317. The second kappa shape index (κ2) is 4.45. The van der Waals surface area contributed by atoms with Crippen molar-refractivity contribution < 1.29 is 5.11 Å². The minimum Gasteiger partial charge on any atom is -0.376 e. The van der Waals surface area contributed by atoms with Gasteiger partial charge in [0.1, 0.15) is 5.60 Å². The van der Waals surface area contributed by atoms with Gasteiger partial charge in [-0.3, -0.25) is 0 Å². The molecular weight excluding hydrogens is 162 g/mol. The number of nitrogens with one attached hydrogen (secondary N) is 1. The van der Waals surface area contributed by atoms with E-state index in [0.29, 0.717) is 13.0 Å². The Kier molecular flexibility index (Phi) is 3.53. The summed E-state index contributed by atoms with van der Waals surface area (Å²) in [6, 6.07) is 0.0317. The highest BCUT2D eigenvalue weighted by Gasteiger charge is 2.36. The Morgan fingerprint density at radius 3 is 3.08 bits per heavy atom. The van der Waals surface area contributed by atoms with Gasteiger partial charge in [0.15, 0.2) is 0 Å². The molecule has 1 saturated carbocycles. The molecule has 2 N–H and O–H groups in total. The van der Waals surface area contributed by atoms with Gasteiger partial charge in [0, 0.05) is 12.6 Å². The lowest BCUT2D eigenvalue weighted by Gasteiger charge is -2.36. The number of aliphatic hydroxyl groups is 1. The SMILES string of the molecule is C#C[C@]1(O)CCCC[C@@H]1NCC=C. The van der Waals surface area contributed by atoms with Crippen LogP contribution in [-0.4, -0.2) is 23.3 Å². The highest BCUT2D eigenvalue weighted by Crippen LogP contribution is 2.27. The fourth-order valence-corrected chi connectivity index (χ4v) is 1.83. The molecular formula is C11H17NO. The van der Waals surface area contributed by atoms with E-state index in [1.54, 1.807) is 6.08 Å². The maximum absolute atomic E-state index is 10.0. The molecule has 0 aromatic heterocycles. The van der Waals surface area contributed by atoms with Crippen LogP contribution >= 0.6 is 0 Å². The topological polar surface area (TPSA) is 32.3 Å². The van der Waals surface area contributed by atoms with Crippen LogP contribution in [0.1, 0.15) is 25.7 Å². The third kappa shape index (κ3) is 2.33. The van der Waals surface area contributed by atoms with E-state index in [-0.39, 0.29) is 6.04 Å². The molecule has 13 heavy (non-hydrogen) atoms. The van der Waals surface area contributed by atoms with Crippen LogP contribution in [0.25, 0.3) is 0 Å². The molecule has 0 aromatic rings. The van der Waals surface area contributed by atoms with Crippen molar-refractivity contribution in [2.75, 3.05) is 6.54 Å². The van der Waals surface area contributed by atoms with Crippen LogP contribution in [0.2, 0.25) is 0 Å². The first-order valence-electron chi connectivity index (χ1n) is 4.77. The molecule has 0 amide bonds. The van der Waals surface area contributed by atoms with E-state index >= 15 is 0 Å². The Morgan fingerprint density at radius 1 is 1.69 bits per heavy atom. The van der Waals surface area contributed by atoms with Crippen molar-refractivity contribution in [3.05, 3.63) is 12.7 Å². The second-order valence-corrected chi connectivity index (χ2v) is 3.56. The highest BCUT2D eigenvalue weighted by atomic mass is 16.3. The third-order valence-corrected chi connectivity index (χ3v) is 2.64. The van der Waals surface area contributed by atoms with Crippen LogP contribution in [0.15, 0.2) is 12.7 Å². The zero-order chi connectivity index (χ0) is 9.73. The molecule has 1 fully saturated rings. The number of hydrogen-bond donors (Lipinski definition) is 2. The maximum atomic E-state index is 10.0. The first-order chi connectivity index (χ1) is 6.23. The van der Waals surface area contributed by atoms with E-state index in [2.05, 4.69) is 17.8 Å². The van der Waals surface area contributed by atoms with Crippen molar-refractivity contribution >= 4 is 0 Å². The number of hydrogen-bond acceptors (Lipinski definition) is 2. The zero-order valence-corrected chi connectivity index (χ0v) is 7.92. The fraction of sp³-hybridized carbons (Fsp3) is 0.636. The minimum atomic E-state index is -0.943. The Morgan fingerprint density at radius 2 is 2.46 bits per heavy atom. The van der Waals surface area contributed by atoms with Crippen molar-refractivity contribution in [1.29, 1.82) is 0 Å². The summed E-state index contributed by atoms with van der Waals surface area (Å²) in [5.74, 6) is 2.50. The number of rotatable bonds is 3. The molecule has 0 aromatic carbocycles. The summed E-state index contributed by atoms with van der Waals surface area (Å²) >= 11 is 0. The smallest absolute Gasteiger partial charge is 0.140 e. The lowest BCUT2D eigenvalue weighted by Crippen LogP contribution is -2.51. The van der Waals surface area contributed by atoms with E-state index in [4.69, 9.17) is 6.42 Å². The highest BCUT2D eigenvalue weighted by molar-refractivity contribution is 5.14. The lowest BCUT2D eigenvalue weighted by atomic mass is 9.81. The monoisotopic (exact) mass is 179 g/mol.